The molecule has 0 atom stereocenters. The van der Waals surface area contributed by atoms with Crippen molar-refractivity contribution in [3.63, 3.8) is 0 Å². The van der Waals surface area contributed by atoms with E-state index in [1.165, 1.54) is 5.56 Å². The number of hydrogen-bond donors (Lipinski definition) is 1. The van der Waals surface area contributed by atoms with Gasteiger partial charge in [0.05, 0.1) is 13.2 Å². The van der Waals surface area contributed by atoms with Gasteiger partial charge in [-0.1, -0.05) is 30.3 Å². The lowest BCUT2D eigenvalue weighted by atomic mass is 10.2. The highest BCUT2D eigenvalue weighted by Crippen LogP contribution is 1.99. The van der Waals surface area contributed by atoms with E-state index < -0.39 is 0 Å². The van der Waals surface area contributed by atoms with E-state index in [2.05, 4.69) is 17.4 Å². The average Bonchev–Trinajstić information content (AvgIpc) is 2.25. The Kier molecular flexibility index (Phi) is 10.1. The predicted molar refractivity (Wildman–Crippen MR) is 66.9 cm³/mol. The maximum Gasteiger partial charge on any atom is 0.0717 e. The smallest absolute Gasteiger partial charge is 0.0717 e. The van der Waals surface area contributed by atoms with Crippen LogP contribution in [0.25, 0.3) is 0 Å². The molecule has 0 heterocycles. The van der Waals surface area contributed by atoms with Crippen LogP contribution in [0, 0.1) is 0 Å². The Hall–Kier alpha value is -0.280. The molecule has 0 aliphatic heterocycles. The fourth-order valence-electron chi connectivity index (χ4n) is 1.10. The van der Waals surface area contributed by atoms with Gasteiger partial charge in [0.25, 0.3) is 0 Å². The molecule has 1 rings (SSSR count). The van der Waals surface area contributed by atoms with Crippen molar-refractivity contribution < 1.29 is 4.74 Å². The number of rotatable bonds is 7. The predicted octanol–water partition coefficient (Wildman–Crippen LogP) is 2.45. The number of halogens is 2. The summed E-state index contributed by atoms with van der Waals surface area (Å²) in [6.07, 6.45) is 0. The van der Waals surface area contributed by atoms with Gasteiger partial charge in [-0.15, -0.1) is 24.0 Å². The third-order valence-corrected chi connectivity index (χ3v) is 1.99. The fourth-order valence-corrected chi connectivity index (χ4v) is 1.23. The van der Waals surface area contributed by atoms with Gasteiger partial charge in [0.15, 0.2) is 0 Å². The van der Waals surface area contributed by atoms with E-state index in [-0.39, 0.29) is 12.4 Å². The molecule has 0 fully saturated rings. The molecule has 0 saturated heterocycles. The number of benzene rings is 1. The number of alkyl halides is 1. The fraction of sp³-hybridized carbons (Fsp3) is 0.455. The zero-order valence-electron chi connectivity index (χ0n) is 8.62. The van der Waals surface area contributed by atoms with Crippen molar-refractivity contribution in [3.05, 3.63) is 35.9 Å². The first-order valence-corrected chi connectivity index (χ1v) is 5.35. The monoisotopic (exact) mass is 249 g/mol. The van der Waals surface area contributed by atoms with Gasteiger partial charge in [-0.3, -0.25) is 0 Å². The highest BCUT2D eigenvalue weighted by molar-refractivity contribution is 6.18. The molecule has 0 radical (unpaired) electrons. The second-order valence-electron chi connectivity index (χ2n) is 2.98. The first kappa shape index (κ1) is 14.7. The van der Waals surface area contributed by atoms with Crippen LogP contribution in [0.4, 0.5) is 0 Å². The Morgan fingerprint density at radius 2 is 1.87 bits per heavy atom. The Labute approximate surface area is 102 Å². The quantitative estimate of drug-likeness (QED) is 0.593. The molecule has 0 aliphatic carbocycles. The summed E-state index contributed by atoms with van der Waals surface area (Å²) in [5.41, 5.74) is 1.21. The molecule has 0 aromatic heterocycles. The largest absolute Gasteiger partial charge is 0.375 e. The van der Waals surface area contributed by atoms with Crippen LogP contribution in [-0.2, 0) is 11.3 Å². The molecule has 0 saturated carbocycles. The molecule has 86 valence electrons. The summed E-state index contributed by atoms with van der Waals surface area (Å²) >= 11 is 5.51. The summed E-state index contributed by atoms with van der Waals surface area (Å²) in [6, 6.07) is 10.2. The standard InChI is InChI=1S/C11H16ClNO.ClH/c12-6-7-13-8-9-14-10-11-4-2-1-3-5-11;/h1-5,13H,6-10H2;1H. The van der Waals surface area contributed by atoms with Crippen LogP contribution in [0.5, 0.6) is 0 Å². The molecule has 15 heavy (non-hydrogen) atoms. The van der Waals surface area contributed by atoms with E-state index in [0.717, 1.165) is 19.7 Å². The molecule has 0 aliphatic rings. The van der Waals surface area contributed by atoms with Crippen LogP contribution in [0.15, 0.2) is 30.3 Å². The van der Waals surface area contributed by atoms with E-state index >= 15 is 0 Å². The van der Waals surface area contributed by atoms with Crippen molar-refractivity contribution in [2.45, 2.75) is 6.61 Å². The van der Waals surface area contributed by atoms with Crippen LogP contribution >= 0.6 is 24.0 Å². The SMILES string of the molecule is Cl.ClCCNCCOCc1ccccc1. The molecule has 0 unspecified atom stereocenters. The van der Waals surface area contributed by atoms with Crippen molar-refractivity contribution >= 4 is 24.0 Å². The zero-order valence-corrected chi connectivity index (χ0v) is 10.2. The molecular formula is C11H17Cl2NO. The topological polar surface area (TPSA) is 21.3 Å². The van der Waals surface area contributed by atoms with Gasteiger partial charge >= 0.3 is 0 Å². The summed E-state index contributed by atoms with van der Waals surface area (Å²) in [5, 5.41) is 3.16. The lowest BCUT2D eigenvalue weighted by Crippen LogP contribution is -2.21. The van der Waals surface area contributed by atoms with Gasteiger partial charge in [-0.05, 0) is 5.56 Å². The minimum Gasteiger partial charge on any atom is -0.375 e. The van der Waals surface area contributed by atoms with Crippen LogP contribution in [-0.4, -0.2) is 25.6 Å². The van der Waals surface area contributed by atoms with E-state index in [1.54, 1.807) is 0 Å². The zero-order chi connectivity index (χ0) is 10.1. The van der Waals surface area contributed by atoms with Crippen LogP contribution in [0.2, 0.25) is 0 Å². The highest BCUT2D eigenvalue weighted by Gasteiger charge is 1.91. The molecule has 0 amide bonds. The molecule has 0 bridgehead atoms. The van der Waals surface area contributed by atoms with Crippen molar-refractivity contribution in [2.75, 3.05) is 25.6 Å². The second-order valence-corrected chi connectivity index (χ2v) is 3.36. The lowest BCUT2D eigenvalue weighted by Gasteiger charge is -2.04. The number of hydrogen-bond acceptors (Lipinski definition) is 2. The molecule has 1 N–H and O–H groups in total. The highest BCUT2D eigenvalue weighted by atomic mass is 35.5. The third-order valence-electron chi connectivity index (χ3n) is 1.81. The maximum absolute atomic E-state index is 5.51. The van der Waals surface area contributed by atoms with Gasteiger partial charge in [-0.2, -0.15) is 0 Å². The van der Waals surface area contributed by atoms with Crippen LogP contribution in [0.1, 0.15) is 5.56 Å². The molecule has 0 spiro atoms. The van der Waals surface area contributed by atoms with Gasteiger partial charge in [-0.25, -0.2) is 0 Å². The summed E-state index contributed by atoms with van der Waals surface area (Å²) in [6.45, 7) is 3.12. The van der Waals surface area contributed by atoms with Crippen molar-refractivity contribution in [1.29, 1.82) is 0 Å². The molecule has 4 heteroatoms. The molecule has 2 nitrogen and oxygen atoms in total. The summed E-state index contributed by atoms with van der Waals surface area (Å²) in [5.74, 6) is 0.651. The van der Waals surface area contributed by atoms with E-state index in [9.17, 15) is 0 Å². The maximum atomic E-state index is 5.51. The number of nitrogens with one attached hydrogen (secondary N) is 1. The Morgan fingerprint density at radius 3 is 2.53 bits per heavy atom. The van der Waals surface area contributed by atoms with E-state index in [4.69, 9.17) is 16.3 Å². The summed E-state index contributed by atoms with van der Waals surface area (Å²) in [7, 11) is 0. The van der Waals surface area contributed by atoms with Crippen LogP contribution < -0.4 is 5.32 Å². The summed E-state index contributed by atoms with van der Waals surface area (Å²) < 4.78 is 5.46. The van der Waals surface area contributed by atoms with Gasteiger partial charge in [0, 0.05) is 19.0 Å². The Morgan fingerprint density at radius 1 is 1.13 bits per heavy atom. The van der Waals surface area contributed by atoms with E-state index in [0.29, 0.717) is 12.5 Å². The van der Waals surface area contributed by atoms with Crippen molar-refractivity contribution in [1.82, 2.24) is 5.32 Å². The lowest BCUT2D eigenvalue weighted by molar-refractivity contribution is 0.123. The molecule has 1 aromatic carbocycles. The Balaban J connectivity index is 0.00000196. The average molecular weight is 250 g/mol. The minimum atomic E-state index is 0. The van der Waals surface area contributed by atoms with E-state index in [1.807, 2.05) is 18.2 Å². The Bertz CT molecular complexity index is 231. The van der Waals surface area contributed by atoms with Crippen molar-refractivity contribution in [3.8, 4) is 0 Å². The second kappa shape index (κ2) is 10.2. The van der Waals surface area contributed by atoms with Gasteiger partial charge in [0.2, 0.25) is 0 Å². The normalized spacial score (nSPS) is 9.67. The third kappa shape index (κ3) is 7.63. The van der Waals surface area contributed by atoms with Gasteiger partial charge in [0.1, 0.15) is 0 Å². The summed E-state index contributed by atoms with van der Waals surface area (Å²) in [4.78, 5) is 0. The van der Waals surface area contributed by atoms with Gasteiger partial charge < -0.3 is 10.1 Å². The molecular weight excluding hydrogens is 233 g/mol. The molecule has 1 aromatic rings. The van der Waals surface area contributed by atoms with Crippen molar-refractivity contribution in [2.24, 2.45) is 0 Å². The first-order chi connectivity index (χ1) is 6.93. The first-order valence-electron chi connectivity index (χ1n) is 4.82. The number of ether oxygens (including phenoxy) is 1. The van der Waals surface area contributed by atoms with Crippen LogP contribution in [0.3, 0.4) is 0 Å². The minimum absolute atomic E-state index is 0.